The molecule has 23 heavy (non-hydrogen) atoms. The lowest BCUT2D eigenvalue weighted by molar-refractivity contribution is -0.138. The molecule has 2 unspecified atom stereocenters. The standard InChI is InChI=1S/C14H21N5O4/c1-8(20)16-4-5-17-13-10(15)2-3-12(18-13)19-7-9(21)6-11(19)14(22)23/h2-3,9,11,21H,4-7,15H2,1H3,(H,16,20)(H,17,18)(H,22,23). The number of hydrogen-bond donors (Lipinski definition) is 5. The fourth-order valence-electron chi connectivity index (χ4n) is 2.48. The van der Waals surface area contributed by atoms with Crippen molar-refractivity contribution in [3.8, 4) is 0 Å². The molecule has 1 amide bonds. The molecule has 126 valence electrons. The van der Waals surface area contributed by atoms with Gasteiger partial charge >= 0.3 is 5.97 Å². The van der Waals surface area contributed by atoms with Gasteiger partial charge in [0, 0.05) is 33.0 Å². The Kier molecular flexibility index (Phi) is 5.22. The van der Waals surface area contributed by atoms with Crippen LogP contribution in [0.4, 0.5) is 17.3 Å². The second-order valence-corrected chi connectivity index (χ2v) is 5.41. The molecule has 0 aliphatic carbocycles. The van der Waals surface area contributed by atoms with Crippen molar-refractivity contribution in [1.82, 2.24) is 10.3 Å². The summed E-state index contributed by atoms with van der Waals surface area (Å²) < 4.78 is 0. The lowest BCUT2D eigenvalue weighted by Gasteiger charge is -2.23. The normalized spacial score (nSPS) is 20.3. The number of anilines is 3. The Morgan fingerprint density at radius 3 is 2.83 bits per heavy atom. The molecule has 0 aromatic carbocycles. The van der Waals surface area contributed by atoms with E-state index in [1.54, 1.807) is 17.0 Å². The van der Waals surface area contributed by atoms with E-state index in [2.05, 4.69) is 15.6 Å². The summed E-state index contributed by atoms with van der Waals surface area (Å²) in [5.41, 5.74) is 6.27. The molecule has 1 aliphatic rings. The van der Waals surface area contributed by atoms with Crippen LogP contribution in [0, 0.1) is 0 Å². The van der Waals surface area contributed by atoms with E-state index in [0.29, 0.717) is 30.4 Å². The molecule has 1 aromatic heterocycles. The predicted octanol–water partition coefficient (Wildman–Crippen LogP) is -0.764. The topological polar surface area (TPSA) is 141 Å². The highest BCUT2D eigenvalue weighted by molar-refractivity contribution is 5.79. The largest absolute Gasteiger partial charge is 0.480 e. The first-order chi connectivity index (χ1) is 10.9. The number of hydrogen-bond acceptors (Lipinski definition) is 7. The van der Waals surface area contributed by atoms with Gasteiger partial charge in [-0.05, 0) is 12.1 Å². The molecular formula is C14H21N5O4. The highest BCUT2D eigenvalue weighted by atomic mass is 16.4. The number of β-amino-alcohol motifs (C(OH)–C–C–N with tert-alkyl or cyclic N) is 1. The number of amides is 1. The fraction of sp³-hybridized carbons (Fsp3) is 0.500. The Balaban J connectivity index is 2.10. The number of aromatic nitrogens is 1. The van der Waals surface area contributed by atoms with Gasteiger partial charge in [-0.1, -0.05) is 0 Å². The summed E-state index contributed by atoms with van der Waals surface area (Å²) >= 11 is 0. The quantitative estimate of drug-likeness (QED) is 0.430. The zero-order valence-corrected chi connectivity index (χ0v) is 12.8. The summed E-state index contributed by atoms with van der Waals surface area (Å²) in [6.07, 6.45) is -0.543. The van der Waals surface area contributed by atoms with Crippen LogP contribution >= 0.6 is 0 Å². The number of rotatable bonds is 6. The Bertz CT molecular complexity index is 595. The second kappa shape index (κ2) is 7.14. The molecule has 1 saturated heterocycles. The van der Waals surface area contributed by atoms with Crippen LogP contribution in [0.25, 0.3) is 0 Å². The number of nitrogens with zero attached hydrogens (tertiary/aromatic N) is 2. The molecule has 0 radical (unpaired) electrons. The molecule has 0 spiro atoms. The van der Waals surface area contributed by atoms with E-state index >= 15 is 0 Å². The molecular weight excluding hydrogens is 302 g/mol. The lowest BCUT2D eigenvalue weighted by Crippen LogP contribution is -2.36. The maximum absolute atomic E-state index is 11.3. The zero-order valence-electron chi connectivity index (χ0n) is 12.8. The van der Waals surface area contributed by atoms with Crippen molar-refractivity contribution in [3.63, 3.8) is 0 Å². The van der Waals surface area contributed by atoms with Gasteiger partial charge in [-0.15, -0.1) is 0 Å². The van der Waals surface area contributed by atoms with Crippen molar-refractivity contribution in [2.45, 2.75) is 25.5 Å². The number of carbonyl (C=O) groups excluding carboxylic acids is 1. The van der Waals surface area contributed by atoms with Gasteiger partial charge in [-0.2, -0.15) is 0 Å². The highest BCUT2D eigenvalue weighted by Gasteiger charge is 2.36. The summed E-state index contributed by atoms with van der Waals surface area (Å²) in [5.74, 6) is -0.277. The fourth-order valence-corrected chi connectivity index (χ4v) is 2.48. The summed E-state index contributed by atoms with van der Waals surface area (Å²) in [4.78, 5) is 28.0. The Labute approximate surface area is 133 Å². The number of carboxylic acids is 1. The average Bonchev–Trinajstić information content (AvgIpc) is 2.87. The molecule has 9 heteroatoms. The minimum absolute atomic E-state index is 0.128. The third-order valence-electron chi connectivity index (χ3n) is 3.56. The first-order valence-corrected chi connectivity index (χ1v) is 7.31. The Morgan fingerprint density at radius 1 is 1.43 bits per heavy atom. The van der Waals surface area contributed by atoms with Gasteiger partial charge in [0.15, 0.2) is 5.82 Å². The van der Waals surface area contributed by atoms with Crippen LogP contribution in [-0.2, 0) is 9.59 Å². The molecule has 9 nitrogen and oxygen atoms in total. The van der Waals surface area contributed by atoms with Crippen molar-refractivity contribution in [3.05, 3.63) is 12.1 Å². The number of nitrogens with two attached hydrogens (primary N) is 1. The van der Waals surface area contributed by atoms with Gasteiger partial charge < -0.3 is 31.5 Å². The van der Waals surface area contributed by atoms with E-state index in [9.17, 15) is 19.8 Å². The number of nitrogen functional groups attached to an aromatic ring is 1. The van der Waals surface area contributed by atoms with Crippen LogP contribution in [0.2, 0.25) is 0 Å². The molecule has 1 fully saturated rings. The SMILES string of the molecule is CC(=O)NCCNc1nc(N2CC(O)CC2C(=O)O)ccc1N. The van der Waals surface area contributed by atoms with Crippen molar-refractivity contribution >= 4 is 29.2 Å². The molecule has 1 aliphatic heterocycles. The molecule has 0 saturated carbocycles. The van der Waals surface area contributed by atoms with E-state index in [1.165, 1.54) is 6.92 Å². The minimum Gasteiger partial charge on any atom is -0.480 e. The molecule has 2 atom stereocenters. The molecule has 2 heterocycles. The third kappa shape index (κ3) is 4.22. The number of aliphatic hydroxyl groups is 1. The van der Waals surface area contributed by atoms with Gasteiger partial charge in [0.05, 0.1) is 11.8 Å². The van der Waals surface area contributed by atoms with Crippen molar-refractivity contribution < 1.29 is 19.8 Å². The first-order valence-electron chi connectivity index (χ1n) is 7.31. The number of aliphatic carboxylic acids is 1. The molecule has 0 bridgehead atoms. The second-order valence-electron chi connectivity index (χ2n) is 5.41. The van der Waals surface area contributed by atoms with E-state index in [0.717, 1.165) is 0 Å². The third-order valence-corrected chi connectivity index (χ3v) is 3.56. The summed E-state index contributed by atoms with van der Waals surface area (Å²) in [6.45, 7) is 2.49. The van der Waals surface area contributed by atoms with Crippen LogP contribution < -0.4 is 21.3 Å². The van der Waals surface area contributed by atoms with Gasteiger partial charge in [-0.3, -0.25) is 4.79 Å². The average molecular weight is 323 g/mol. The smallest absolute Gasteiger partial charge is 0.326 e. The zero-order chi connectivity index (χ0) is 17.0. The Morgan fingerprint density at radius 2 is 2.17 bits per heavy atom. The number of aliphatic hydroxyl groups excluding tert-OH is 1. The lowest BCUT2D eigenvalue weighted by atomic mass is 10.2. The number of nitrogens with one attached hydrogen (secondary N) is 2. The Hall–Kier alpha value is -2.55. The minimum atomic E-state index is -1.000. The maximum Gasteiger partial charge on any atom is 0.326 e. The van der Waals surface area contributed by atoms with Crippen LogP contribution in [0.3, 0.4) is 0 Å². The van der Waals surface area contributed by atoms with Gasteiger partial charge in [0.25, 0.3) is 0 Å². The molecule has 1 aromatic rings. The predicted molar refractivity (Wildman–Crippen MR) is 85.2 cm³/mol. The number of carbonyl (C=O) groups is 2. The van der Waals surface area contributed by atoms with Crippen molar-refractivity contribution in [2.75, 3.05) is 35.6 Å². The first kappa shape index (κ1) is 16.8. The van der Waals surface area contributed by atoms with Crippen LogP contribution in [0.15, 0.2) is 12.1 Å². The van der Waals surface area contributed by atoms with E-state index < -0.39 is 18.1 Å². The van der Waals surface area contributed by atoms with Gasteiger partial charge in [0.1, 0.15) is 11.9 Å². The molecule has 6 N–H and O–H groups in total. The van der Waals surface area contributed by atoms with Gasteiger partial charge in [-0.25, -0.2) is 9.78 Å². The number of carboxylic acid groups (broad SMARTS) is 1. The van der Waals surface area contributed by atoms with Crippen molar-refractivity contribution in [2.24, 2.45) is 0 Å². The van der Waals surface area contributed by atoms with Gasteiger partial charge in [0.2, 0.25) is 5.91 Å². The monoisotopic (exact) mass is 323 g/mol. The summed E-state index contributed by atoms with van der Waals surface area (Å²) in [5, 5.41) is 24.6. The van der Waals surface area contributed by atoms with E-state index in [-0.39, 0.29) is 18.9 Å². The van der Waals surface area contributed by atoms with Crippen molar-refractivity contribution in [1.29, 1.82) is 0 Å². The highest BCUT2D eigenvalue weighted by Crippen LogP contribution is 2.27. The van der Waals surface area contributed by atoms with E-state index in [4.69, 9.17) is 5.73 Å². The maximum atomic E-state index is 11.3. The van der Waals surface area contributed by atoms with Crippen LogP contribution in [-0.4, -0.2) is 58.9 Å². The summed E-state index contributed by atoms with van der Waals surface area (Å²) in [6, 6.07) is 2.45. The number of pyridine rings is 1. The van der Waals surface area contributed by atoms with E-state index in [1.807, 2.05) is 0 Å². The summed E-state index contributed by atoms with van der Waals surface area (Å²) in [7, 11) is 0. The van der Waals surface area contributed by atoms with Crippen LogP contribution in [0.5, 0.6) is 0 Å². The van der Waals surface area contributed by atoms with Crippen LogP contribution in [0.1, 0.15) is 13.3 Å². The molecule has 2 rings (SSSR count).